The lowest BCUT2D eigenvalue weighted by atomic mass is 9.85. The molecule has 100 valence electrons. The number of fused-ring (bicyclic) bond motifs is 1. The first-order valence-electron chi connectivity index (χ1n) is 6.42. The highest BCUT2D eigenvalue weighted by Crippen LogP contribution is 2.30. The van der Waals surface area contributed by atoms with Crippen molar-refractivity contribution in [1.29, 1.82) is 0 Å². The van der Waals surface area contributed by atoms with E-state index >= 15 is 0 Å². The molecular formula is C14H15ClN2OS. The van der Waals surface area contributed by atoms with Crippen molar-refractivity contribution in [3.8, 4) is 5.88 Å². The van der Waals surface area contributed by atoms with Crippen molar-refractivity contribution in [2.24, 2.45) is 11.8 Å². The van der Waals surface area contributed by atoms with Crippen LogP contribution >= 0.6 is 22.9 Å². The maximum atomic E-state index is 5.92. The molecule has 2 aromatic heterocycles. The molecule has 19 heavy (non-hydrogen) atoms. The smallest absolute Gasteiger partial charge is 0.227 e. The topological polar surface area (TPSA) is 35.0 Å². The fourth-order valence-corrected chi connectivity index (χ4v) is 3.30. The van der Waals surface area contributed by atoms with Gasteiger partial charge in [-0.25, -0.2) is 4.98 Å². The van der Waals surface area contributed by atoms with Crippen LogP contribution in [-0.4, -0.2) is 16.6 Å². The minimum absolute atomic E-state index is 0.251. The zero-order chi connectivity index (χ0) is 13.2. The van der Waals surface area contributed by atoms with E-state index < -0.39 is 0 Å². The quantitative estimate of drug-likeness (QED) is 0.624. The van der Waals surface area contributed by atoms with Gasteiger partial charge in [0.25, 0.3) is 0 Å². The molecule has 2 atom stereocenters. The molecule has 0 fully saturated rings. The molecule has 2 aromatic rings. The van der Waals surface area contributed by atoms with Crippen LogP contribution in [0.25, 0.3) is 10.2 Å². The normalized spacial score (nSPS) is 22.8. The Hall–Kier alpha value is -1.13. The standard InChI is InChI=1S/C14H15ClN2OS/c1-9-4-2-3-5-10(9)8-18-12-11-6-7-19-13(11)17-14(15)16-12/h2-3,6-7,9-10H,4-5,8H2,1H3. The number of aromatic nitrogens is 2. The number of rotatable bonds is 3. The van der Waals surface area contributed by atoms with Crippen LogP contribution in [0.3, 0.4) is 0 Å². The lowest BCUT2D eigenvalue weighted by molar-refractivity contribution is 0.194. The van der Waals surface area contributed by atoms with Gasteiger partial charge in [0, 0.05) is 0 Å². The van der Waals surface area contributed by atoms with E-state index in [-0.39, 0.29) is 5.28 Å². The van der Waals surface area contributed by atoms with Crippen molar-refractivity contribution in [3.63, 3.8) is 0 Å². The van der Waals surface area contributed by atoms with E-state index in [4.69, 9.17) is 16.3 Å². The molecule has 1 aliphatic carbocycles. The second-order valence-electron chi connectivity index (χ2n) is 4.93. The Labute approximate surface area is 121 Å². The number of hydrogen-bond acceptors (Lipinski definition) is 4. The first kappa shape index (κ1) is 12.9. The monoisotopic (exact) mass is 294 g/mol. The van der Waals surface area contributed by atoms with Gasteiger partial charge >= 0.3 is 0 Å². The van der Waals surface area contributed by atoms with Gasteiger partial charge in [-0.05, 0) is 47.7 Å². The van der Waals surface area contributed by atoms with Crippen molar-refractivity contribution >= 4 is 33.2 Å². The first-order chi connectivity index (χ1) is 9.24. The summed E-state index contributed by atoms with van der Waals surface area (Å²) in [5, 5.41) is 3.18. The van der Waals surface area contributed by atoms with Crippen molar-refractivity contribution < 1.29 is 4.74 Å². The van der Waals surface area contributed by atoms with Gasteiger partial charge in [-0.15, -0.1) is 11.3 Å². The molecule has 0 saturated heterocycles. The lowest BCUT2D eigenvalue weighted by Gasteiger charge is -2.24. The molecule has 0 spiro atoms. The van der Waals surface area contributed by atoms with Crippen LogP contribution in [0, 0.1) is 11.8 Å². The first-order valence-corrected chi connectivity index (χ1v) is 7.68. The second kappa shape index (κ2) is 5.47. The van der Waals surface area contributed by atoms with Gasteiger partial charge < -0.3 is 4.74 Å². The van der Waals surface area contributed by atoms with E-state index in [0.29, 0.717) is 24.3 Å². The van der Waals surface area contributed by atoms with Crippen molar-refractivity contribution in [2.45, 2.75) is 19.8 Å². The van der Waals surface area contributed by atoms with Crippen molar-refractivity contribution in [1.82, 2.24) is 9.97 Å². The third-order valence-electron chi connectivity index (χ3n) is 3.62. The van der Waals surface area contributed by atoms with E-state index in [0.717, 1.165) is 23.1 Å². The van der Waals surface area contributed by atoms with Gasteiger partial charge in [-0.1, -0.05) is 19.1 Å². The third-order valence-corrected chi connectivity index (χ3v) is 4.59. The largest absolute Gasteiger partial charge is 0.477 e. The number of thiophene rings is 1. The van der Waals surface area contributed by atoms with Gasteiger partial charge in [-0.3, -0.25) is 0 Å². The Balaban J connectivity index is 1.78. The Morgan fingerprint density at radius 2 is 2.21 bits per heavy atom. The lowest BCUT2D eigenvalue weighted by Crippen LogP contribution is -2.21. The zero-order valence-corrected chi connectivity index (χ0v) is 12.2. The summed E-state index contributed by atoms with van der Waals surface area (Å²) in [4.78, 5) is 9.27. The summed E-state index contributed by atoms with van der Waals surface area (Å²) in [6.07, 6.45) is 6.69. The van der Waals surface area contributed by atoms with Crippen molar-refractivity contribution in [2.75, 3.05) is 6.61 Å². The maximum absolute atomic E-state index is 5.92. The molecular weight excluding hydrogens is 280 g/mol. The minimum atomic E-state index is 0.251. The van der Waals surface area contributed by atoms with E-state index in [1.807, 2.05) is 11.4 Å². The average Bonchev–Trinajstić information content (AvgIpc) is 2.85. The molecule has 0 aromatic carbocycles. The van der Waals surface area contributed by atoms with Crippen LogP contribution in [0.2, 0.25) is 5.28 Å². The predicted octanol–water partition coefficient (Wildman–Crippen LogP) is 4.33. The molecule has 0 amide bonds. The number of allylic oxidation sites excluding steroid dienone is 2. The summed E-state index contributed by atoms with van der Waals surface area (Å²) in [5.41, 5.74) is 0. The van der Waals surface area contributed by atoms with E-state index in [2.05, 4.69) is 29.0 Å². The predicted molar refractivity (Wildman–Crippen MR) is 78.9 cm³/mol. The fourth-order valence-electron chi connectivity index (χ4n) is 2.34. The van der Waals surface area contributed by atoms with Crippen LogP contribution in [0.1, 0.15) is 19.8 Å². The highest BCUT2D eigenvalue weighted by Gasteiger charge is 2.20. The van der Waals surface area contributed by atoms with Crippen LogP contribution in [-0.2, 0) is 0 Å². The number of nitrogens with zero attached hydrogens (tertiary/aromatic N) is 2. The molecule has 2 heterocycles. The summed E-state index contributed by atoms with van der Waals surface area (Å²) < 4.78 is 5.91. The molecule has 5 heteroatoms. The molecule has 3 rings (SSSR count). The maximum Gasteiger partial charge on any atom is 0.227 e. The third kappa shape index (κ3) is 2.74. The molecule has 0 bridgehead atoms. The van der Waals surface area contributed by atoms with Gasteiger partial charge in [0.2, 0.25) is 11.2 Å². The molecule has 0 saturated carbocycles. The van der Waals surface area contributed by atoms with Crippen molar-refractivity contribution in [3.05, 3.63) is 28.9 Å². The molecule has 0 N–H and O–H groups in total. The van der Waals surface area contributed by atoms with E-state index in [1.165, 1.54) is 0 Å². The van der Waals surface area contributed by atoms with Gasteiger partial charge in [0.05, 0.1) is 12.0 Å². The zero-order valence-electron chi connectivity index (χ0n) is 10.7. The summed E-state index contributed by atoms with van der Waals surface area (Å²) in [5.74, 6) is 1.81. The highest BCUT2D eigenvalue weighted by molar-refractivity contribution is 7.16. The Morgan fingerprint density at radius 3 is 3.05 bits per heavy atom. The molecule has 0 aliphatic heterocycles. The van der Waals surface area contributed by atoms with Crippen LogP contribution < -0.4 is 4.74 Å². The van der Waals surface area contributed by atoms with Crippen LogP contribution in [0.5, 0.6) is 5.88 Å². The number of hydrogen-bond donors (Lipinski definition) is 0. The summed E-state index contributed by atoms with van der Waals surface area (Å²) >= 11 is 7.48. The Kier molecular flexibility index (Phi) is 3.71. The molecule has 0 radical (unpaired) electrons. The Morgan fingerprint density at radius 1 is 1.37 bits per heavy atom. The Bertz CT molecular complexity index is 611. The molecule has 1 aliphatic rings. The summed E-state index contributed by atoms with van der Waals surface area (Å²) in [7, 11) is 0. The van der Waals surface area contributed by atoms with E-state index in [9.17, 15) is 0 Å². The average molecular weight is 295 g/mol. The minimum Gasteiger partial charge on any atom is -0.477 e. The second-order valence-corrected chi connectivity index (χ2v) is 6.16. The number of ether oxygens (including phenoxy) is 1. The van der Waals surface area contributed by atoms with Crippen LogP contribution in [0.15, 0.2) is 23.6 Å². The summed E-state index contributed by atoms with van der Waals surface area (Å²) in [6, 6.07) is 1.98. The van der Waals surface area contributed by atoms with E-state index in [1.54, 1.807) is 11.3 Å². The van der Waals surface area contributed by atoms with Crippen LogP contribution in [0.4, 0.5) is 0 Å². The van der Waals surface area contributed by atoms with Gasteiger partial charge in [0.1, 0.15) is 4.83 Å². The van der Waals surface area contributed by atoms with Gasteiger partial charge in [-0.2, -0.15) is 4.98 Å². The van der Waals surface area contributed by atoms with Gasteiger partial charge in [0.15, 0.2) is 0 Å². The SMILES string of the molecule is CC1CC=CCC1COc1nc(Cl)nc2sccc12. The fraction of sp³-hybridized carbons (Fsp3) is 0.429. The number of halogens is 1. The summed E-state index contributed by atoms with van der Waals surface area (Å²) in [6.45, 7) is 2.95. The highest BCUT2D eigenvalue weighted by atomic mass is 35.5. The molecule has 2 unspecified atom stereocenters. The molecule has 3 nitrogen and oxygen atoms in total.